The summed E-state index contributed by atoms with van der Waals surface area (Å²) >= 11 is 0. The van der Waals surface area contributed by atoms with Crippen LogP contribution in [0.15, 0.2) is 53.1 Å². The maximum Gasteiger partial charge on any atom is 0.273 e. The molecule has 2 heterocycles. The van der Waals surface area contributed by atoms with Crippen LogP contribution < -0.4 is 10.6 Å². The Kier molecular flexibility index (Phi) is 7.84. The number of likely N-dealkylation sites (tertiary alicyclic amines) is 1. The van der Waals surface area contributed by atoms with Crippen LogP contribution in [-0.4, -0.2) is 53.1 Å². The molecule has 3 aromatic rings. The lowest BCUT2D eigenvalue weighted by Crippen LogP contribution is -2.58. The molecule has 6 rings (SSSR count). The Morgan fingerprint density at radius 1 is 0.902 bits per heavy atom. The third kappa shape index (κ3) is 6.02. The van der Waals surface area contributed by atoms with Crippen molar-refractivity contribution >= 4 is 11.8 Å². The number of halogens is 3. The molecule has 2 amide bonds. The quantitative estimate of drug-likeness (QED) is 0.412. The fourth-order valence-electron chi connectivity index (χ4n) is 6.43. The van der Waals surface area contributed by atoms with Crippen LogP contribution in [0, 0.1) is 23.4 Å². The second-order valence-electron chi connectivity index (χ2n) is 11.5. The number of aromatic nitrogens is 1. The molecule has 41 heavy (non-hydrogen) atoms. The number of piperidine rings is 1. The highest BCUT2D eigenvalue weighted by molar-refractivity contribution is 5.94. The van der Waals surface area contributed by atoms with E-state index in [9.17, 15) is 22.8 Å². The van der Waals surface area contributed by atoms with Crippen LogP contribution in [0.5, 0.6) is 0 Å². The molecule has 216 valence electrons. The Bertz CT molecular complexity index is 1390. The SMILES string of the molecule is O=C(N[C@@H]1CCN(C2CCCCC2)C[C@H]1C(=O)N[C@H]1C[C@@H]1c1ccccc1)c1cc(-c2c(F)cc(F)cc2F)on1. The van der Waals surface area contributed by atoms with E-state index in [0.717, 1.165) is 31.9 Å². The lowest BCUT2D eigenvalue weighted by molar-refractivity contribution is -0.128. The minimum Gasteiger partial charge on any atom is -0.355 e. The monoisotopic (exact) mass is 566 g/mol. The largest absolute Gasteiger partial charge is 0.355 e. The number of benzene rings is 2. The molecular weight excluding hydrogens is 533 g/mol. The minimum atomic E-state index is -1.16. The van der Waals surface area contributed by atoms with E-state index in [4.69, 9.17) is 4.52 Å². The summed E-state index contributed by atoms with van der Waals surface area (Å²) in [5.74, 6) is -4.59. The average molecular weight is 567 g/mol. The summed E-state index contributed by atoms with van der Waals surface area (Å²) < 4.78 is 46.9. The fraction of sp³-hybridized carbons (Fsp3) is 0.452. The van der Waals surface area contributed by atoms with Gasteiger partial charge in [-0.25, -0.2) is 13.2 Å². The van der Waals surface area contributed by atoms with Crippen molar-refractivity contribution in [2.24, 2.45) is 5.92 Å². The zero-order valence-electron chi connectivity index (χ0n) is 22.6. The van der Waals surface area contributed by atoms with E-state index in [1.54, 1.807) is 0 Å². The fourth-order valence-corrected chi connectivity index (χ4v) is 6.43. The van der Waals surface area contributed by atoms with Crippen LogP contribution in [0.2, 0.25) is 0 Å². The van der Waals surface area contributed by atoms with Gasteiger partial charge in [-0.1, -0.05) is 54.8 Å². The molecule has 0 radical (unpaired) electrons. The molecular formula is C31H33F3N4O3. The summed E-state index contributed by atoms with van der Waals surface area (Å²) in [7, 11) is 0. The van der Waals surface area contributed by atoms with E-state index in [0.29, 0.717) is 31.1 Å². The molecule has 1 aliphatic heterocycles. The van der Waals surface area contributed by atoms with Gasteiger partial charge in [0.05, 0.1) is 11.5 Å². The summed E-state index contributed by atoms with van der Waals surface area (Å²) in [5.41, 5.74) is 0.419. The second kappa shape index (κ2) is 11.7. The number of amides is 2. The third-order valence-electron chi connectivity index (χ3n) is 8.73. The van der Waals surface area contributed by atoms with Crippen molar-refractivity contribution in [3.05, 3.63) is 77.2 Å². The molecule has 1 saturated heterocycles. The van der Waals surface area contributed by atoms with Crippen molar-refractivity contribution in [3.8, 4) is 11.3 Å². The van der Waals surface area contributed by atoms with Crippen molar-refractivity contribution in [2.45, 2.75) is 69.0 Å². The number of rotatable bonds is 7. The zero-order valence-corrected chi connectivity index (χ0v) is 22.6. The molecule has 2 N–H and O–H groups in total. The molecule has 10 heteroatoms. The number of carbonyl (C=O) groups excluding carboxylic acids is 2. The Morgan fingerprint density at radius 2 is 1.63 bits per heavy atom. The summed E-state index contributed by atoms with van der Waals surface area (Å²) in [5, 5.41) is 9.85. The lowest BCUT2D eigenvalue weighted by Gasteiger charge is -2.43. The van der Waals surface area contributed by atoms with E-state index in [2.05, 4.69) is 32.8 Å². The first-order chi connectivity index (χ1) is 19.9. The zero-order chi connectivity index (χ0) is 28.5. The van der Waals surface area contributed by atoms with Crippen LogP contribution in [0.25, 0.3) is 11.3 Å². The summed E-state index contributed by atoms with van der Waals surface area (Å²) in [6.45, 7) is 1.30. The van der Waals surface area contributed by atoms with Crippen molar-refractivity contribution in [2.75, 3.05) is 13.1 Å². The molecule has 0 spiro atoms. The normalized spacial score (nSPS) is 25.0. The first-order valence-corrected chi connectivity index (χ1v) is 14.4. The topological polar surface area (TPSA) is 87.5 Å². The Morgan fingerprint density at radius 3 is 2.37 bits per heavy atom. The first kappa shape index (κ1) is 27.5. The smallest absolute Gasteiger partial charge is 0.273 e. The van der Waals surface area contributed by atoms with Gasteiger partial charge in [0.1, 0.15) is 17.5 Å². The van der Waals surface area contributed by atoms with Gasteiger partial charge in [-0.05, 0) is 31.2 Å². The summed E-state index contributed by atoms with van der Waals surface area (Å²) in [6, 6.07) is 12.3. The molecule has 7 nitrogen and oxygen atoms in total. The van der Waals surface area contributed by atoms with E-state index in [1.807, 2.05) is 18.2 Å². The molecule has 2 saturated carbocycles. The molecule has 4 atom stereocenters. The van der Waals surface area contributed by atoms with Gasteiger partial charge in [-0.15, -0.1) is 0 Å². The number of nitrogens with zero attached hydrogens (tertiary/aromatic N) is 2. The van der Waals surface area contributed by atoms with Gasteiger partial charge in [-0.3, -0.25) is 14.5 Å². The standard InChI is InChI=1S/C31H33F3N4O3/c32-19-13-23(33)29(24(34)14-19)28-16-27(37-41-28)31(40)35-25-11-12-38(20-9-5-2-6-10-20)17-22(25)30(39)36-26-15-21(26)18-7-3-1-4-8-18/h1,3-4,7-8,13-14,16,20-22,25-26H,2,5-6,9-12,15,17H2,(H,35,40)(H,36,39)/t21-,22-,25-,26+/m1/s1. The van der Waals surface area contributed by atoms with Gasteiger partial charge in [0.2, 0.25) is 5.91 Å². The van der Waals surface area contributed by atoms with E-state index in [1.165, 1.54) is 24.8 Å². The second-order valence-corrected chi connectivity index (χ2v) is 11.5. The molecule has 3 fully saturated rings. The third-order valence-corrected chi connectivity index (χ3v) is 8.73. The highest BCUT2D eigenvalue weighted by atomic mass is 19.1. The van der Waals surface area contributed by atoms with E-state index in [-0.39, 0.29) is 29.3 Å². The van der Waals surface area contributed by atoms with Crippen LogP contribution in [0.3, 0.4) is 0 Å². The number of nitrogens with one attached hydrogen (secondary N) is 2. The van der Waals surface area contributed by atoms with E-state index >= 15 is 0 Å². The molecule has 0 bridgehead atoms. The summed E-state index contributed by atoms with van der Waals surface area (Å²) in [4.78, 5) is 29.2. The maximum absolute atomic E-state index is 14.2. The number of hydrogen-bond acceptors (Lipinski definition) is 5. The van der Waals surface area contributed by atoms with Gasteiger partial charge in [0, 0.05) is 55.3 Å². The molecule has 2 aromatic carbocycles. The van der Waals surface area contributed by atoms with Crippen molar-refractivity contribution in [1.29, 1.82) is 0 Å². The minimum absolute atomic E-state index is 0.0601. The van der Waals surface area contributed by atoms with E-state index < -0.39 is 40.9 Å². The van der Waals surface area contributed by atoms with Crippen LogP contribution >= 0.6 is 0 Å². The molecule has 1 aromatic heterocycles. The van der Waals surface area contributed by atoms with Crippen molar-refractivity contribution < 1.29 is 27.3 Å². The molecule has 3 aliphatic rings. The lowest BCUT2D eigenvalue weighted by atomic mass is 9.87. The Labute approximate surface area is 236 Å². The molecule has 0 unspecified atom stereocenters. The Balaban J connectivity index is 1.16. The highest BCUT2D eigenvalue weighted by Crippen LogP contribution is 2.41. The summed E-state index contributed by atoms with van der Waals surface area (Å²) in [6.07, 6.45) is 7.29. The van der Waals surface area contributed by atoms with Gasteiger partial charge < -0.3 is 15.2 Å². The van der Waals surface area contributed by atoms with Gasteiger partial charge >= 0.3 is 0 Å². The molecule has 2 aliphatic carbocycles. The average Bonchev–Trinajstić information content (AvgIpc) is 3.57. The van der Waals surface area contributed by atoms with Crippen molar-refractivity contribution in [3.63, 3.8) is 0 Å². The van der Waals surface area contributed by atoms with Crippen LogP contribution in [-0.2, 0) is 4.79 Å². The highest BCUT2D eigenvalue weighted by Gasteiger charge is 2.43. The Hall–Kier alpha value is -3.66. The first-order valence-electron chi connectivity index (χ1n) is 14.4. The number of hydrogen-bond donors (Lipinski definition) is 2. The predicted octanol–water partition coefficient (Wildman–Crippen LogP) is 5.18. The van der Waals surface area contributed by atoms with Crippen LogP contribution in [0.1, 0.15) is 66.9 Å². The number of carbonyl (C=O) groups is 2. The van der Waals surface area contributed by atoms with Gasteiger partial charge in [-0.2, -0.15) is 0 Å². The maximum atomic E-state index is 14.2. The van der Waals surface area contributed by atoms with Crippen molar-refractivity contribution in [1.82, 2.24) is 20.7 Å². The van der Waals surface area contributed by atoms with Gasteiger partial charge in [0.25, 0.3) is 5.91 Å². The predicted molar refractivity (Wildman–Crippen MR) is 145 cm³/mol. The van der Waals surface area contributed by atoms with Gasteiger partial charge in [0.15, 0.2) is 11.5 Å². The van der Waals surface area contributed by atoms with Crippen LogP contribution in [0.4, 0.5) is 13.2 Å².